The van der Waals surface area contributed by atoms with E-state index in [0.29, 0.717) is 5.56 Å². The first-order valence-electron chi connectivity index (χ1n) is 7.65. The topological polar surface area (TPSA) is 61.4 Å². The van der Waals surface area contributed by atoms with Crippen LogP contribution >= 0.6 is 28.3 Å². The van der Waals surface area contributed by atoms with Gasteiger partial charge in [0.25, 0.3) is 5.91 Å². The molecule has 2 amide bonds. The molecular weight excluding hydrogens is 382 g/mol. The van der Waals surface area contributed by atoms with Crippen molar-refractivity contribution in [1.29, 1.82) is 0 Å². The summed E-state index contributed by atoms with van der Waals surface area (Å²) >= 11 is 3.34. The predicted octanol–water partition coefficient (Wildman–Crippen LogP) is 2.20. The summed E-state index contributed by atoms with van der Waals surface area (Å²) in [5, 5.41) is 5.99. The Hall–Kier alpha value is -1.11. The molecule has 23 heavy (non-hydrogen) atoms. The molecule has 1 aromatic carbocycles. The Morgan fingerprint density at radius 3 is 2.83 bits per heavy atom. The van der Waals surface area contributed by atoms with Crippen LogP contribution in [0.25, 0.3) is 0 Å². The van der Waals surface area contributed by atoms with Gasteiger partial charge >= 0.3 is 0 Å². The van der Waals surface area contributed by atoms with Gasteiger partial charge in [0.1, 0.15) is 0 Å². The van der Waals surface area contributed by atoms with Crippen molar-refractivity contribution in [3.63, 3.8) is 0 Å². The number of hydrogen-bond acceptors (Lipinski definition) is 3. The third kappa shape index (κ3) is 5.79. The van der Waals surface area contributed by atoms with E-state index >= 15 is 0 Å². The van der Waals surface area contributed by atoms with Crippen LogP contribution in [-0.2, 0) is 4.79 Å². The molecule has 0 saturated carbocycles. The minimum Gasteiger partial charge on any atom is -0.343 e. The van der Waals surface area contributed by atoms with Gasteiger partial charge in [-0.05, 0) is 37.6 Å². The summed E-state index contributed by atoms with van der Waals surface area (Å²) in [5.74, 6) is -0.241. The molecule has 7 heteroatoms. The highest BCUT2D eigenvalue weighted by Crippen LogP contribution is 2.12. The first-order chi connectivity index (χ1) is 10.6. The van der Waals surface area contributed by atoms with Crippen LogP contribution in [-0.4, -0.2) is 48.9 Å². The number of rotatable bonds is 6. The molecule has 2 rings (SSSR count). The van der Waals surface area contributed by atoms with Gasteiger partial charge in [0.05, 0.1) is 6.54 Å². The monoisotopic (exact) mass is 403 g/mol. The van der Waals surface area contributed by atoms with E-state index in [1.807, 2.05) is 11.0 Å². The molecule has 1 atom stereocenters. The number of hydrogen-bond donors (Lipinski definition) is 2. The van der Waals surface area contributed by atoms with E-state index in [1.54, 1.807) is 18.2 Å². The molecule has 128 valence electrons. The molecule has 1 aliphatic heterocycles. The summed E-state index contributed by atoms with van der Waals surface area (Å²) in [5.41, 5.74) is 0.548. The Bertz CT molecular complexity index is 536. The largest absolute Gasteiger partial charge is 0.343 e. The third-order valence-electron chi connectivity index (χ3n) is 3.75. The SMILES string of the molecule is CCCN(C(=O)CNC(=O)c1cccc(Br)c1)C1CCNC1.Cl. The van der Waals surface area contributed by atoms with Gasteiger partial charge in [-0.1, -0.05) is 28.9 Å². The van der Waals surface area contributed by atoms with Gasteiger partial charge in [-0.25, -0.2) is 0 Å². The number of carbonyl (C=O) groups excluding carboxylic acids is 2. The van der Waals surface area contributed by atoms with Crippen molar-refractivity contribution < 1.29 is 9.59 Å². The van der Waals surface area contributed by atoms with Crippen LogP contribution in [0.5, 0.6) is 0 Å². The van der Waals surface area contributed by atoms with Crippen LogP contribution in [0.15, 0.2) is 28.7 Å². The lowest BCUT2D eigenvalue weighted by Gasteiger charge is -2.28. The minimum absolute atomic E-state index is 0. The van der Waals surface area contributed by atoms with Crippen molar-refractivity contribution in [2.45, 2.75) is 25.8 Å². The number of carbonyl (C=O) groups is 2. The molecule has 1 heterocycles. The zero-order valence-corrected chi connectivity index (χ0v) is 15.6. The number of nitrogens with one attached hydrogen (secondary N) is 2. The second kappa shape index (κ2) is 9.90. The molecule has 1 fully saturated rings. The molecule has 0 aliphatic carbocycles. The molecule has 0 bridgehead atoms. The van der Waals surface area contributed by atoms with Gasteiger partial charge in [0.15, 0.2) is 0 Å². The summed E-state index contributed by atoms with van der Waals surface area (Å²) in [6.45, 7) is 4.62. The van der Waals surface area contributed by atoms with E-state index in [9.17, 15) is 9.59 Å². The zero-order valence-electron chi connectivity index (χ0n) is 13.2. The molecule has 1 aromatic rings. The van der Waals surface area contributed by atoms with Crippen LogP contribution in [0.2, 0.25) is 0 Å². The summed E-state index contributed by atoms with van der Waals surface area (Å²) in [6, 6.07) is 7.38. The molecule has 0 aromatic heterocycles. The molecule has 0 spiro atoms. The molecule has 1 unspecified atom stereocenters. The van der Waals surface area contributed by atoms with E-state index in [-0.39, 0.29) is 36.8 Å². The van der Waals surface area contributed by atoms with Gasteiger partial charge in [-0.2, -0.15) is 0 Å². The first kappa shape index (κ1) is 19.9. The van der Waals surface area contributed by atoms with Crippen molar-refractivity contribution in [3.8, 4) is 0 Å². The minimum atomic E-state index is -0.226. The standard InChI is InChI=1S/C16H22BrN3O2.ClH/c1-2-8-20(14-6-7-18-10-14)15(21)11-19-16(22)12-4-3-5-13(17)9-12;/h3-5,9,14,18H,2,6-8,10-11H2,1H3,(H,19,22);1H. The Morgan fingerprint density at radius 2 is 2.22 bits per heavy atom. The fraction of sp³-hybridized carbons (Fsp3) is 0.500. The predicted molar refractivity (Wildman–Crippen MR) is 97.0 cm³/mol. The van der Waals surface area contributed by atoms with Gasteiger partial charge in [0.2, 0.25) is 5.91 Å². The molecule has 0 radical (unpaired) electrons. The van der Waals surface area contributed by atoms with E-state index in [0.717, 1.165) is 36.9 Å². The Balaban J connectivity index is 0.00000264. The highest BCUT2D eigenvalue weighted by molar-refractivity contribution is 9.10. The van der Waals surface area contributed by atoms with Crippen molar-refractivity contribution in [2.24, 2.45) is 0 Å². The van der Waals surface area contributed by atoms with E-state index in [1.165, 1.54) is 0 Å². The maximum absolute atomic E-state index is 12.4. The van der Waals surface area contributed by atoms with Gasteiger partial charge in [0, 0.05) is 29.2 Å². The second-order valence-electron chi connectivity index (χ2n) is 5.43. The van der Waals surface area contributed by atoms with Crippen LogP contribution < -0.4 is 10.6 Å². The van der Waals surface area contributed by atoms with E-state index in [2.05, 4.69) is 33.5 Å². The van der Waals surface area contributed by atoms with Crippen LogP contribution in [0.1, 0.15) is 30.1 Å². The molecule has 5 nitrogen and oxygen atoms in total. The van der Waals surface area contributed by atoms with Crippen molar-refractivity contribution in [2.75, 3.05) is 26.2 Å². The summed E-state index contributed by atoms with van der Waals surface area (Å²) in [4.78, 5) is 26.4. The Kier molecular flexibility index (Phi) is 8.58. The number of benzene rings is 1. The molecule has 1 aliphatic rings. The van der Waals surface area contributed by atoms with Gasteiger partial charge in [-0.15, -0.1) is 12.4 Å². The lowest BCUT2D eigenvalue weighted by molar-refractivity contribution is -0.132. The normalized spacial score (nSPS) is 16.5. The van der Waals surface area contributed by atoms with E-state index in [4.69, 9.17) is 0 Å². The number of halogens is 2. The quantitative estimate of drug-likeness (QED) is 0.764. The van der Waals surface area contributed by atoms with E-state index < -0.39 is 0 Å². The first-order valence-corrected chi connectivity index (χ1v) is 8.45. The van der Waals surface area contributed by atoms with Crippen LogP contribution in [0.4, 0.5) is 0 Å². The highest BCUT2D eigenvalue weighted by atomic mass is 79.9. The molecule has 2 N–H and O–H groups in total. The second-order valence-corrected chi connectivity index (χ2v) is 6.34. The lowest BCUT2D eigenvalue weighted by atomic mass is 10.2. The smallest absolute Gasteiger partial charge is 0.251 e. The highest BCUT2D eigenvalue weighted by Gasteiger charge is 2.25. The maximum atomic E-state index is 12.4. The fourth-order valence-corrected chi connectivity index (χ4v) is 3.05. The van der Waals surface area contributed by atoms with Crippen LogP contribution in [0.3, 0.4) is 0 Å². The Labute approximate surface area is 151 Å². The maximum Gasteiger partial charge on any atom is 0.251 e. The molecule has 1 saturated heterocycles. The summed E-state index contributed by atoms with van der Waals surface area (Å²) in [7, 11) is 0. The number of nitrogens with zero attached hydrogens (tertiary/aromatic N) is 1. The zero-order chi connectivity index (χ0) is 15.9. The molecular formula is C16H23BrClN3O2. The van der Waals surface area contributed by atoms with Gasteiger partial charge < -0.3 is 15.5 Å². The third-order valence-corrected chi connectivity index (χ3v) is 4.24. The van der Waals surface area contributed by atoms with Crippen molar-refractivity contribution >= 4 is 40.2 Å². The number of amides is 2. The summed E-state index contributed by atoms with van der Waals surface area (Å²) in [6.07, 6.45) is 1.90. The summed E-state index contributed by atoms with van der Waals surface area (Å²) < 4.78 is 0.844. The fourth-order valence-electron chi connectivity index (χ4n) is 2.65. The average Bonchev–Trinajstić information content (AvgIpc) is 3.04. The van der Waals surface area contributed by atoms with Gasteiger partial charge in [-0.3, -0.25) is 9.59 Å². The van der Waals surface area contributed by atoms with Crippen molar-refractivity contribution in [1.82, 2.24) is 15.5 Å². The Morgan fingerprint density at radius 1 is 1.43 bits per heavy atom. The van der Waals surface area contributed by atoms with Crippen LogP contribution in [0, 0.1) is 0 Å². The van der Waals surface area contributed by atoms with Crippen molar-refractivity contribution in [3.05, 3.63) is 34.3 Å². The lowest BCUT2D eigenvalue weighted by Crippen LogP contribution is -2.46. The average molecular weight is 405 g/mol.